The van der Waals surface area contributed by atoms with Crippen molar-refractivity contribution in [2.75, 3.05) is 5.23 Å². The second-order valence-corrected chi connectivity index (χ2v) is 5.01. The lowest BCUT2D eigenvalue weighted by atomic mass is 9.54. The molecular weight excluding hydrogens is 288 g/mol. The molecule has 2 aromatic rings. The fourth-order valence-electron chi connectivity index (χ4n) is 2.39. The Labute approximate surface area is 126 Å². The number of halogens is 3. The maximum atomic E-state index is 12.6. The van der Waals surface area contributed by atoms with Crippen molar-refractivity contribution in [3.05, 3.63) is 65.1 Å². The Morgan fingerprint density at radius 1 is 1.05 bits per heavy atom. The fourth-order valence-corrected chi connectivity index (χ4v) is 2.39. The first-order valence-electron chi connectivity index (χ1n) is 6.63. The first-order valence-corrected chi connectivity index (χ1v) is 6.63. The molecule has 0 unspecified atom stereocenters. The molecule has 3 rings (SSSR count). The van der Waals surface area contributed by atoms with Crippen LogP contribution in [0.4, 0.5) is 18.9 Å². The van der Waals surface area contributed by atoms with E-state index in [1.807, 2.05) is 12.1 Å². The van der Waals surface area contributed by atoms with E-state index >= 15 is 0 Å². The molecule has 2 aromatic carbocycles. The van der Waals surface area contributed by atoms with Crippen molar-refractivity contribution in [2.45, 2.75) is 6.18 Å². The second kappa shape index (κ2) is 5.26. The van der Waals surface area contributed by atoms with Gasteiger partial charge in [-0.2, -0.15) is 18.4 Å². The average molecular weight is 298 g/mol. The third-order valence-corrected chi connectivity index (χ3v) is 3.56. The van der Waals surface area contributed by atoms with Gasteiger partial charge in [0.25, 0.3) is 0 Å². The van der Waals surface area contributed by atoms with Crippen LogP contribution in [0.25, 0.3) is 6.08 Å². The van der Waals surface area contributed by atoms with Gasteiger partial charge in [-0.3, -0.25) is 0 Å². The third-order valence-electron chi connectivity index (χ3n) is 3.56. The quantitative estimate of drug-likeness (QED) is 0.818. The molecule has 0 saturated carbocycles. The molecule has 0 spiro atoms. The number of nitrogens with zero attached hydrogens (tertiary/aromatic N) is 1. The van der Waals surface area contributed by atoms with Crippen LogP contribution in [0.15, 0.2) is 48.4 Å². The zero-order valence-electron chi connectivity index (χ0n) is 11.4. The highest BCUT2D eigenvalue weighted by atomic mass is 19.4. The lowest BCUT2D eigenvalue weighted by Gasteiger charge is -2.20. The van der Waals surface area contributed by atoms with Gasteiger partial charge < -0.3 is 5.23 Å². The molecule has 22 heavy (non-hydrogen) atoms. The lowest BCUT2D eigenvalue weighted by molar-refractivity contribution is -0.137. The summed E-state index contributed by atoms with van der Waals surface area (Å²) in [5.41, 5.74) is 2.40. The van der Waals surface area contributed by atoms with Crippen molar-refractivity contribution in [3.63, 3.8) is 0 Å². The Balaban J connectivity index is 1.85. The van der Waals surface area contributed by atoms with E-state index in [0.717, 1.165) is 28.8 Å². The van der Waals surface area contributed by atoms with Gasteiger partial charge in [0.05, 0.1) is 17.2 Å². The zero-order valence-corrected chi connectivity index (χ0v) is 11.4. The van der Waals surface area contributed by atoms with Crippen LogP contribution in [-0.2, 0) is 6.18 Å². The van der Waals surface area contributed by atoms with Gasteiger partial charge in [0.2, 0.25) is 0 Å². The van der Waals surface area contributed by atoms with Gasteiger partial charge >= 0.3 is 13.0 Å². The summed E-state index contributed by atoms with van der Waals surface area (Å²) in [4.78, 5) is 0. The molecular formula is C16H10BF3N2. The van der Waals surface area contributed by atoms with Crippen LogP contribution >= 0.6 is 0 Å². The number of hydrogen-bond donors (Lipinski definition) is 1. The Morgan fingerprint density at radius 3 is 2.41 bits per heavy atom. The Hall–Kier alpha value is -2.68. The van der Waals surface area contributed by atoms with E-state index in [2.05, 4.69) is 11.3 Å². The number of benzene rings is 2. The molecule has 0 bridgehead atoms. The molecule has 108 valence electrons. The number of hydrogen-bond acceptors (Lipinski definition) is 2. The van der Waals surface area contributed by atoms with Gasteiger partial charge in [-0.1, -0.05) is 41.8 Å². The number of rotatable bonds is 1. The number of alkyl halides is 3. The minimum Gasteiger partial charge on any atom is -0.420 e. The normalized spacial score (nSPS) is 13.3. The Morgan fingerprint density at radius 2 is 1.77 bits per heavy atom. The molecule has 6 heteroatoms. The summed E-state index contributed by atoms with van der Waals surface area (Å²) in [6.07, 6.45) is -2.45. The summed E-state index contributed by atoms with van der Waals surface area (Å²) in [7, 11) is 0. The SMILES string of the molecule is N#Cc1ccc2c(c1)C=CB(c1ccc(C(F)(F)F)cc1)N2. The number of anilines is 1. The van der Waals surface area contributed by atoms with Crippen molar-refractivity contribution in [1.29, 1.82) is 5.26 Å². The van der Waals surface area contributed by atoms with Crippen LogP contribution in [0.5, 0.6) is 0 Å². The van der Waals surface area contributed by atoms with Crippen LogP contribution in [-0.4, -0.2) is 6.85 Å². The highest BCUT2D eigenvalue weighted by molar-refractivity contribution is 6.81. The topological polar surface area (TPSA) is 35.8 Å². The van der Waals surface area contributed by atoms with Crippen molar-refractivity contribution in [2.24, 2.45) is 0 Å². The van der Waals surface area contributed by atoms with Gasteiger partial charge in [-0.25, -0.2) is 0 Å². The largest absolute Gasteiger partial charge is 0.420 e. The number of fused-ring (bicyclic) bond motifs is 1. The number of nitrogens with one attached hydrogen (secondary N) is 1. The maximum absolute atomic E-state index is 12.6. The van der Waals surface area contributed by atoms with E-state index < -0.39 is 11.7 Å². The minimum atomic E-state index is -4.32. The minimum absolute atomic E-state index is 0.192. The van der Waals surface area contributed by atoms with Crippen LogP contribution in [0.3, 0.4) is 0 Å². The summed E-state index contributed by atoms with van der Waals surface area (Å²) in [6.45, 7) is -0.192. The summed E-state index contributed by atoms with van der Waals surface area (Å²) in [5.74, 6) is 1.87. The molecule has 0 atom stereocenters. The molecule has 0 aromatic heterocycles. The van der Waals surface area contributed by atoms with Crippen LogP contribution in [0.1, 0.15) is 16.7 Å². The molecule has 2 nitrogen and oxygen atoms in total. The van der Waals surface area contributed by atoms with Crippen molar-refractivity contribution in [1.82, 2.24) is 0 Å². The van der Waals surface area contributed by atoms with Crippen LogP contribution in [0, 0.1) is 11.3 Å². The first kappa shape index (κ1) is 14.3. The molecule has 1 heterocycles. The number of nitriles is 1. The van der Waals surface area contributed by atoms with Gasteiger partial charge in [0.15, 0.2) is 0 Å². The van der Waals surface area contributed by atoms with E-state index in [9.17, 15) is 13.2 Å². The summed E-state index contributed by atoms with van der Waals surface area (Å²) < 4.78 is 37.7. The van der Waals surface area contributed by atoms with Crippen molar-refractivity contribution >= 4 is 24.1 Å². The van der Waals surface area contributed by atoms with Crippen LogP contribution in [0.2, 0.25) is 0 Å². The molecule has 1 aliphatic heterocycles. The van der Waals surface area contributed by atoms with E-state index in [0.29, 0.717) is 5.56 Å². The molecule has 0 aliphatic carbocycles. The Bertz CT molecular complexity index is 773. The predicted molar refractivity (Wildman–Crippen MR) is 80.6 cm³/mol. The molecule has 0 radical (unpaired) electrons. The summed E-state index contributed by atoms with van der Waals surface area (Å²) >= 11 is 0. The molecule has 0 amide bonds. The lowest BCUT2D eigenvalue weighted by Crippen LogP contribution is -2.38. The molecule has 1 aliphatic rings. The van der Waals surface area contributed by atoms with E-state index in [-0.39, 0.29) is 6.85 Å². The van der Waals surface area contributed by atoms with Gasteiger partial charge in [-0.15, -0.1) is 0 Å². The zero-order chi connectivity index (χ0) is 15.7. The average Bonchev–Trinajstić information content (AvgIpc) is 2.53. The van der Waals surface area contributed by atoms with Gasteiger partial charge in [0.1, 0.15) is 0 Å². The van der Waals surface area contributed by atoms with Crippen LogP contribution < -0.4 is 10.7 Å². The van der Waals surface area contributed by atoms with Gasteiger partial charge in [-0.05, 0) is 23.8 Å². The monoisotopic (exact) mass is 298 g/mol. The smallest absolute Gasteiger partial charge is 0.416 e. The van der Waals surface area contributed by atoms with Crippen molar-refractivity contribution in [3.8, 4) is 6.07 Å². The first-order chi connectivity index (χ1) is 10.5. The molecule has 1 N–H and O–H groups in total. The standard InChI is InChI=1S/C16H10BF3N2/c18-16(19,20)13-2-4-14(5-3-13)17-8-7-12-9-11(10-21)1-6-15(12)22-17/h1-9,22H. The third kappa shape index (κ3) is 2.70. The van der Waals surface area contributed by atoms with E-state index in [4.69, 9.17) is 5.26 Å². The fraction of sp³-hybridized carbons (Fsp3) is 0.0625. The second-order valence-electron chi connectivity index (χ2n) is 5.01. The highest BCUT2D eigenvalue weighted by Gasteiger charge is 2.30. The Kier molecular flexibility index (Phi) is 3.41. The van der Waals surface area contributed by atoms with Gasteiger partial charge in [0, 0.05) is 5.69 Å². The maximum Gasteiger partial charge on any atom is 0.416 e. The van der Waals surface area contributed by atoms with E-state index in [1.54, 1.807) is 18.2 Å². The summed E-state index contributed by atoms with van der Waals surface area (Å²) in [5, 5.41) is 12.1. The van der Waals surface area contributed by atoms with E-state index in [1.165, 1.54) is 12.1 Å². The molecule has 0 saturated heterocycles. The predicted octanol–water partition coefficient (Wildman–Crippen LogP) is 3.45. The summed E-state index contributed by atoms with van der Waals surface area (Å²) in [6, 6.07) is 12.4. The van der Waals surface area contributed by atoms with Crippen molar-refractivity contribution < 1.29 is 13.2 Å². The highest BCUT2D eigenvalue weighted by Crippen LogP contribution is 2.28. The molecule has 0 fully saturated rings.